The summed E-state index contributed by atoms with van der Waals surface area (Å²) in [5, 5.41) is 0. The van der Waals surface area contributed by atoms with E-state index in [1.54, 1.807) is 0 Å². The van der Waals surface area contributed by atoms with Crippen molar-refractivity contribution in [3.8, 4) is 0 Å². The summed E-state index contributed by atoms with van der Waals surface area (Å²) in [4.78, 5) is 0. The molecule has 3 nitrogen and oxygen atoms in total. The predicted octanol–water partition coefficient (Wildman–Crippen LogP) is 2.41. The third-order valence-electron chi connectivity index (χ3n) is 3.66. The molecule has 18 heavy (non-hydrogen) atoms. The normalized spacial score (nSPS) is 21.1. The van der Waals surface area contributed by atoms with Crippen LogP contribution in [0.15, 0.2) is 30.3 Å². The molecule has 0 radical (unpaired) electrons. The van der Waals surface area contributed by atoms with E-state index in [2.05, 4.69) is 29.7 Å². The van der Waals surface area contributed by atoms with Crippen LogP contribution in [0.5, 0.6) is 0 Å². The van der Waals surface area contributed by atoms with Gasteiger partial charge in [0, 0.05) is 12.6 Å². The molecule has 2 rings (SSSR count). The van der Waals surface area contributed by atoms with Crippen molar-refractivity contribution in [2.45, 2.75) is 50.7 Å². The van der Waals surface area contributed by atoms with Gasteiger partial charge in [0.1, 0.15) is 0 Å². The highest BCUT2D eigenvalue weighted by atomic mass is 16.5. The molecule has 1 aromatic rings. The zero-order chi connectivity index (χ0) is 12.6. The van der Waals surface area contributed by atoms with Gasteiger partial charge in [-0.05, 0) is 44.1 Å². The molecule has 3 heteroatoms. The van der Waals surface area contributed by atoms with Crippen LogP contribution in [0.1, 0.15) is 37.7 Å². The lowest BCUT2D eigenvalue weighted by Crippen LogP contribution is -2.36. The highest BCUT2D eigenvalue weighted by Gasteiger charge is 2.16. The smallest absolute Gasteiger partial charge is 0.0576 e. The van der Waals surface area contributed by atoms with E-state index in [1.165, 1.54) is 31.2 Å². The maximum Gasteiger partial charge on any atom is 0.0576 e. The number of benzene rings is 1. The fraction of sp³-hybridized carbons (Fsp3) is 0.600. The van der Waals surface area contributed by atoms with Crippen molar-refractivity contribution >= 4 is 0 Å². The minimum Gasteiger partial charge on any atom is -0.378 e. The molecule has 1 fully saturated rings. The number of rotatable bonds is 7. The molecule has 0 saturated carbocycles. The first-order chi connectivity index (χ1) is 8.88. The second kappa shape index (κ2) is 7.52. The van der Waals surface area contributed by atoms with Crippen molar-refractivity contribution in [1.82, 2.24) is 5.43 Å². The summed E-state index contributed by atoms with van der Waals surface area (Å²) in [5.41, 5.74) is 4.28. The molecule has 1 aliphatic heterocycles. The summed E-state index contributed by atoms with van der Waals surface area (Å²) in [5.74, 6) is 5.63. The van der Waals surface area contributed by atoms with Crippen LogP contribution in [0, 0.1) is 0 Å². The molecule has 1 saturated heterocycles. The maximum absolute atomic E-state index is 5.64. The van der Waals surface area contributed by atoms with Gasteiger partial charge >= 0.3 is 0 Å². The second-order valence-corrected chi connectivity index (χ2v) is 5.12. The second-order valence-electron chi connectivity index (χ2n) is 5.12. The van der Waals surface area contributed by atoms with Gasteiger partial charge in [0.2, 0.25) is 0 Å². The van der Waals surface area contributed by atoms with E-state index in [0.717, 1.165) is 19.4 Å². The topological polar surface area (TPSA) is 47.3 Å². The first kappa shape index (κ1) is 13.5. The Labute approximate surface area is 110 Å². The average Bonchev–Trinajstić information content (AvgIpc) is 2.92. The monoisotopic (exact) mass is 248 g/mol. The van der Waals surface area contributed by atoms with Crippen molar-refractivity contribution in [1.29, 1.82) is 0 Å². The van der Waals surface area contributed by atoms with E-state index in [4.69, 9.17) is 10.6 Å². The van der Waals surface area contributed by atoms with Crippen molar-refractivity contribution in [3.63, 3.8) is 0 Å². The van der Waals surface area contributed by atoms with Crippen molar-refractivity contribution in [3.05, 3.63) is 35.9 Å². The summed E-state index contributed by atoms with van der Waals surface area (Å²) < 4.78 is 5.64. The molecule has 0 spiro atoms. The summed E-state index contributed by atoms with van der Waals surface area (Å²) >= 11 is 0. The zero-order valence-electron chi connectivity index (χ0n) is 11.0. The van der Waals surface area contributed by atoms with Gasteiger partial charge in [-0.2, -0.15) is 0 Å². The Kier molecular flexibility index (Phi) is 5.65. The molecule has 1 aromatic carbocycles. The SMILES string of the molecule is NNC(CCCC1CCCO1)Cc1ccccc1. The predicted molar refractivity (Wildman–Crippen MR) is 74.1 cm³/mol. The molecule has 2 atom stereocenters. The van der Waals surface area contributed by atoms with E-state index < -0.39 is 0 Å². The van der Waals surface area contributed by atoms with Crippen LogP contribution >= 0.6 is 0 Å². The number of ether oxygens (including phenoxy) is 1. The number of hydrazine groups is 1. The number of hydrogen-bond acceptors (Lipinski definition) is 3. The first-order valence-electron chi connectivity index (χ1n) is 7.00. The Hall–Kier alpha value is -0.900. The molecule has 2 unspecified atom stereocenters. The standard InChI is InChI=1S/C15H24N2O/c16-17-14(12-13-6-2-1-3-7-13)8-4-9-15-10-5-11-18-15/h1-3,6-7,14-15,17H,4-5,8-12,16H2. The fourth-order valence-corrected chi connectivity index (χ4v) is 2.61. The van der Waals surface area contributed by atoms with Crippen molar-refractivity contribution in [2.75, 3.05) is 6.61 Å². The Morgan fingerprint density at radius 1 is 1.33 bits per heavy atom. The van der Waals surface area contributed by atoms with E-state index in [9.17, 15) is 0 Å². The maximum atomic E-state index is 5.64. The molecule has 0 aromatic heterocycles. The molecular weight excluding hydrogens is 224 g/mol. The van der Waals surface area contributed by atoms with Gasteiger partial charge in [-0.1, -0.05) is 30.3 Å². The fourth-order valence-electron chi connectivity index (χ4n) is 2.61. The van der Waals surface area contributed by atoms with Crippen LogP contribution in [-0.2, 0) is 11.2 Å². The van der Waals surface area contributed by atoms with E-state index in [0.29, 0.717) is 12.1 Å². The van der Waals surface area contributed by atoms with Gasteiger partial charge in [0.25, 0.3) is 0 Å². The van der Waals surface area contributed by atoms with E-state index >= 15 is 0 Å². The third kappa shape index (κ3) is 4.41. The number of nitrogens with two attached hydrogens (primary N) is 1. The number of hydrogen-bond donors (Lipinski definition) is 2. The van der Waals surface area contributed by atoms with Gasteiger partial charge < -0.3 is 4.74 Å². The summed E-state index contributed by atoms with van der Waals surface area (Å²) in [6.07, 6.45) is 7.44. The van der Waals surface area contributed by atoms with E-state index in [-0.39, 0.29) is 0 Å². The summed E-state index contributed by atoms with van der Waals surface area (Å²) in [7, 11) is 0. The first-order valence-corrected chi connectivity index (χ1v) is 7.00. The Bertz CT molecular complexity index is 323. The highest BCUT2D eigenvalue weighted by Crippen LogP contribution is 2.18. The van der Waals surface area contributed by atoms with Crippen LogP contribution in [-0.4, -0.2) is 18.8 Å². The highest BCUT2D eigenvalue weighted by molar-refractivity contribution is 5.15. The molecule has 0 bridgehead atoms. The molecule has 3 N–H and O–H groups in total. The molecule has 1 aliphatic rings. The lowest BCUT2D eigenvalue weighted by molar-refractivity contribution is 0.101. The largest absolute Gasteiger partial charge is 0.378 e. The van der Waals surface area contributed by atoms with Crippen LogP contribution < -0.4 is 11.3 Å². The zero-order valence-corrected chi connectivity index (χ0v) is 11.0. The Morgan fingerprint density at radius 3 is 2.83 bits per heavy atom. The van der Waals surface area contributed by atoms with Gasteiger partial charge in [0.15, 0.2) is 0 Å². The average molecular weight is 248 g/mol. The van der Waals surface area contributed by atoms with Gasteiger partial charge in [-0.25, -0.2) is 0 Å². The Morgan fingerprint density at radius 2 is 2.17 bits per heavy atom. The molecule has 0 amide bonds. The molecule has 1 heterocycles. The van der Waals surface area contributed by atoms with Crippen LogP contribution in [0.3, 0.4) is 0 Å². The minimum absolute atomic E-state index is 0.369. The lowest BCUT2D eigenvalue weighted by Gasteiger charge is -2.17. The Balaban J connectivity index is 1.68. The minimum atomic E-state index is 0.369. The summed E-state index contributed by atoms with van der Waals surface area (Å²) in [6, 6.07) is 10.9. The van der Waals surface area contributed by atoms with Crippen LogP contribution in [0.25, 0.3) is 0 Å². The summed E-state index contributed by atoms with van der Waals surface area (Å²) in [6.45, 7) is 0.952. The third-order valence-corrected chi connectivity index (χ3v) is 3.66. The molecule has 100 valence electrons. The molecular formula is C15H24N2O. The van der Waals surface area contributed by atoms with E-state index in [1.807, 2.05) is 6.07 Å². The number of nitrogens with one attached hydrogen (secondary N) is 1. The van der Waals surface area contributed by atoms with Crippen molar-refractivity contribution < 1.29 is 4.74 Å². The van der Waals surface area contributed by atoms with Gasteiger partial charge in [-0.3, -0.25) is 11.3 Å². The van der Waals surface area contributed by atoms with Crippen LogP contribution in [0.2, 0.25) is 0 Å². The quantitative estimate of drug-likeness (QED) is 0.575. The lowest BCUT2D eigenvalue weighted by atomic mass is 10.00. The molecule has 0 aliphatic carbocycles. The van der Waals surface area contributed by atoms with Gasteiger partial charge in [0.05, 0.1) is 6.10 Å². The van der Waals surface area contributed by atoms with Crippen LogP contribution in [0.4, 0.5) is 0 Å². The van der Waals surface area contributed by atoms with Crippen molar-refractivity contribution in [2.24, 2.45) is 5.84 Å². The van der Waals surface area contributed by atoms with Gasteiger partial charge in [-0.15, -0.1) is 0 Å².